The van der Waals surface area contributed by atoms with E-state index in [9.17, 15) is 4.79 Å². The van der Waals surface area contributed by atoms with E-state index in [4.69, 9.17) is 0 Å². The van der Waals surface area contributed by atoms with E-state index in [1.807, 2.05) is 30.0 Å². The fourth-order valence-electron chi connectivity index (χ4n) is 1.78. The Hall–Kier alpha value is -0.830. The van der Waals surface area contributed by atoms with Gasteiger partial charge in [0.05, 0.1) is 5.56 Å². The van der Waals surface area contributed by atoms with Gasteiger partial charge in [-0.3, -0.25) is 4.79 Å². The Kier molecular flexibility index (Phi) is 5.19. The lowest BCUT2D eigenvalue weighted by atomic mass is 10.1. The molecule has 0 aliphatic carbocycles. The molecule has 3 heteroatoms. The van der Waals surface area contributed by atoms with Crippen molar-refractivity contribution in [1.29, 1.82) is 0 Å². The molecule has 0 saturated carbocycles. The topological polar surface area (TPSA) is 20.3 Å². The monoisotopic (exact) mass is 297 g/mol. The molecule has 1 aromatic rings. The minimum absolute atomic E-state index is 0.105. The Morgan fingerprint density at radius 2 is 2.06 bits per heavy atom. The number of rotatable bonds is 4. The maximum atomic E-state index is 12.4. The second-order valence-electron chi connectivity index (χ2n) is 4.58. The molecule has 0 atom stereocenters. The number of aryl methyl sites for hydroxylation is 1. The van der Waals surface area contributed by atoms with Gasteiger partial charge >= 0.3 is 0 Å². The molecule has 0 heterocycles. The molecule has 94 valence electrons. The number of halogens is 1. The normalized spacial score (nSPS) is 10.7. The van der Waals surface area contributed by atoms with E-state index in [-0.39, 0.29) is 11.9 Å². The van der Waals surface area contributed by atoms with Crippen LogP contribution in [0.3, 0.4) is 0 Å². The van der Waals surface area contributed by atoms with Crippen LogP contribution in [-0.4, -0.2) is 23.4 Å². The first-order valence-electron chi connectivity index (χ1n) is 6.04. The number of carbonyl (C=O) groups is 1. The number of amides is 1. The van der Waals surface area contributed by atoms with Crippen LogP contribution in [0.5, 0.6) is 0 Å². The third kappa shape index (κ3) is 3.56. The van der Waals surface area contributed by atoms with Crippen molar-refractivity contribution < 1.29 is 4.79 Å². The van der Waals surface area contributed by atoms with E-state index >= 15 is 0 Å². The highest BCUT2D eigenvalue weighted by atomic mass is 79.9. The first-order chi connectivity index (χ1) is 7.97. The van der Waals surface area contributed by atoms with Gasteiger partial charge in [0, 0.05) is 17.1 Å². The molecule has 0 fully saturated rings. The van der Waals surface area contributed by atoms with E-state index in [0.717, 1.165) is 28.6 Å². The predicted octanol–water partition coefficient (Wildman–Crippen LogP) is 4.02. The molecule has 0 spiro atoms. The maximum Gasteiger partial charge on any atom is 0.255 e. The largest absolute Gasteiger partial charge is 0.336 e. The first kappa shape index (κ1) is 14.2. The van der Waals surface area contributed by atoms with Crippen LogP contribution in [0, 0.1) is 6.92 Å². The first-order valence-corrected chi connectivity index (χ1v) is 6.83. The van der Waals surface area contributed by atoms with Gasteiger partial charge in [-0.2, -0.15) is 0 Å². The summed E-state index contributed by atoms with van der Waals surface area (Å²) in [6, 6.07) is 6.09. The van der Waals surface area contributed by atoms with Crippen molar-refractivity contribution in [3.8, 4) is 0 Å². The maximum absolute atomic E-state index is 12.4. The van der Waals surface area contributed by atoms with Crippen LogP contribution in [-0.2, 0) is 0 Å². The van der Waals surface area contributed by atoms with Crippen LogP contribution in [0.4, 0.5) is 0 Å². The second-order valence-corrected chi connectivity index (χ2v) is 5.43. The predicted molar refractivity (Wildman–Crippen MR) is 75.3 cm³/mol. The van der Waals surface area contributed by atoms with Crippen molar-refractivity contribution >= 4 is 21.8 Å². The molecule has 0 N–H and O–H groups in total. The molecule has 1 rings (SSSR count). The van der Waals surface area contributed by atoms with E-state index < -0.39 is 0 Å². The molecule has 1 amide bonds. The molecule has 0 bridgehead atoms. The molecule has 0 aliphatic heterocycles. The van der Waals surface area contributed by atoms with E-state index in [0.29, 0.717) is 0 Å². The zero-order valence-corrected chi connectivity index (χ0v) is 12.5. The molecule has 0 saturated heterocycles. The highest BCUT2D eigenvalue weighted by Crippen LogP contribution is 2.21. The Morgan fingerprint density at radius 3 is 2.53 bits per heavy atom. The minimum atomic E-state index is 0.105. The van der Waals surface area contributed by atoms with E-state index in [1.165, 1.54) is 0 Å². The fraction of sp³-hybridized carbons (Fsp3) is 0.500. The lowest BCUT2D eigenvalue weighted by Crippen LogP contribution is -2.37. The molecular weight excluding hydrogens is 278 g/mol. The van der Waals surface area contributed by atoms with Gasteiger partial charge in [-0.1, -0.05) is 13.0 Å². The Balaban J connectivity index is 3.01. The van der Waals surface area contributed by atoms with Crippen LogP contribution in [0.15, 0.2) is 22.7 Å². The van der Waals surface area contributed by atoms with Crippen molar-refractivity contribution in [3.05, 3.63) is 33.8 Å². The van der Waals surface area contributed by atoms with Crippen LogP contribution >= 0.6 is 15.9 Å². The minimum Gasteiger partial charge on any atom is -0.336 e. The second kappa shape index (κ2) is 6.20. The summed E-state index contributed by atoms with van der Waals surface area (Å²) in [4.78, 5) is 14.3. The zero-order valence-electron chi connectivity index (χ0n) is 11.0. The lowest BCUT2D eigenvalue weighted by molar-refractivity contribution is 0.0705. The van der Waals surface area contributed by atoms with Crippen molar-refractivity contribution in [2.75, 3.05) is 6.54 Å². The number of benzene rings is 1. The highest BCUT2D eigenvalue weighted by Gasteiger charge is 2.19. The smallest absolute Gasteiger partial charge is 0.255 e. The third-order valence-electron chi connectivity index (χ3n) is 2.70. The zero-order chi connectivity index (χ0) is 13.0. The Bertz CT molecular complexity index is 401. The molecule has 1 aromatic carbocycles. The van der Waals surface area contributed by atoms with Crippen LogP contribution < -0.4 is 0 Å². The summed E-state index contributed by atoms with van der Waals surface area (Å²) in [5.74, 6) is 0.105. The highest BCUT2D eigenvalue weighted by molar-refractivity contribution is 9.10. The average molecular weight is 298 g/mol. The van der Waals surface area contributed by atoms with Gasteiger partial charge in [0.15, 0.2) is 0 Å². The molecular formula is C14H20BrNO. The Labute approximate surface area is 112 Å². The van der Waals surface area contributed by atoms with Crippen molar-refractivity contribution in [3.63, 3.8) is 0 Å². The number of hydrogen-bond acceptors (Lipinski definition) is 1. The van der Waals surface area contributed by atoms with E-state index in [1.54, 1.807) is 0 Å². The number of hydrogen-bond donors (Lipinski definition) is 0. The molecule has 2 nitrogen and oxygen atoms in total. The summed E-state index contributed by atoms with van der Waals surface area (Å²) in [6.45, 7) is 9.01. The SMILES string of the molecule is CCCN(C(=O)c1ccc(C)cc1Br)C(C)C. The summed E-state index contributed by atoms with van der Waals surface area (Å²) in [7, 11) is 0. The molecule has 0 unspecified atom stereocenters. The summed E-state index contributed by atoms with van der Waals surface area (Å²) in [5.41, 5.74) is 1.90. The fourth-order valence-corrected chi connectivity index (χ4v) is 2.45. The number of carbonyl (C=O) groups excluding carboxylic acids is 1. The van der Waals surface area contributed by atoms with Crippen LogP contribution in [0.1, 0.15) is 43.1 Å². The lowest BCUT2D eigenvalue weighted by Gasteiger charge is -2.26. The van der Waals surface area contributed by atoms with Crippen LogP contribution in [0.25, 0.3) is 0 Å². The van der Waals surface area contributed by atoms with Gasteiger partial charge in [0.1, 0.15) is 0 Å². The Morgan fingerprint density at radius 1 is 1.41 bits per heavy atom. The number of nitrogens with zero attached hydrogens (tertiary/aromatic N) is 1. The van der Waals surface area contributed by atoms with E-state index in [2.05, 4.69) is 36.7 Å². The summed E-state index contributed by atoms with van der Waals surface area (Å²) in [5, 5.41) is 0. The van der Waals surface area contributed by atoms with Gasteiger partial charge in [-0.25, -0.2) is 0 Å². The van der Waals surface area contributed by atoms with Gasteiger partial charge < -0.3 is 4.90 Å². The summed E-state index contributed by atoms with van der Waals surface area (Å²) in [6.07, 6.45) is 0.980. The summed E-state index contributed by atoms with van der Waals surface area (Å²) >= 11 is 3.47. The molecule has 0 radical (unpaired) electrons. The van der Waals surface area contributed by atoms with Crippen molar-refractivity contribution in [2.45, 2.75) is 40.2 Å². The van der Waals surface area contributed by atoms with Gasteiger partial charge in [-0.15, -0.1) is 0 Å². The van der Waals surface area contributed by atoms with Gasteiger partial charge in [-0.05, 0) is 60.8 Å². The summed E-state index contributed by atoms with van der Waals surface area (Å²) < 4.78 is 0.879. The standard InChI is InChI=1S/C14H20BrNO/c1-5-8-16(10(2)3)14(17)12-7-6-11(4)9-13(12)15/h6-7,9-10H,5,8H2,1-4H3. The van der Waals surface area contributed by atoms with Crippen molar-refractivity contribution in [2.24, 2.45) is 0 Å². The quantitative estimate of drug-likeness (QED) is 0.822. The third-order valence-corrected chi connectivity index (χ3v) is 3.36. The van der Waals surface area contributed by atoms with Crippen LogP contribution in [0.2, 0.25) is 0 Å². The van der Waals surface area contributed by atoms with Gasteiger partial charge in [0.2, 0.25) is 0 Å². The van der Waals surface area contributed by atoms with Gasteiger partial charge in [0.25, 0.3) is 5.91 Å². The van der Waals surface area contributed by atoms with Crippen molar-refractivity contribution in [1.82, 2.24) is 4.90 Å². The molecule has 0 aliphatic rings. The molecule has 0 aromatic heterocycles. The molecule has 17 heavy (non-hydrogen) atoms. The average Bonchev–Trinajstić information content (AvgIpc) is 2.24.